The van der Waals surface area contributed by atoms with Crippen molar-refractivity contribution < 1.29 is 22.3 Å². The van der Waals surface area contributed by atoms with Gasteiger partial charge in [-0.2, -0.15) is 13.2 Å². The molecular formula is C11H14F4OSi. The molecule has 0 spiro atoms. The zero-order valence-electron chi connectivity index (χ0n) is 10.1. The molecule has 1 nitrogen and oxygen atoms in total. The molecule has 6 heteroatoms. The van der Waals surface area contributed by atoms with Gasteiger partial charge in [0.1, 0.15) is 0 Å². The van der Waals surface area contributed by atoms with Gasteiger partial charge in [-0.3, -0.25) is 0 Å². The van der Waals surface area contributed by atoms with Crippen LogP contribution in [0.4, 0.5) is 17.6 Å². The van der Waals surface area contributed by atoms with Crippen molar-refractivity contribution in [3.63, 3.8) is 0 Å². The highest BCUT2D eigenvalue weighted by Crippen LogP contribution is 2.32. The number of methoxy groups -OCH3 is 1. The molecule has 0 aliphatic heterocycles. The van der Waals surface area contributed by atoms with Crippen LogP contribution in [0.15, 0.2) is 12.1 Å². The largest absolute Gasteiger partial charge is 0.494 e. The standard InChI is InChI=1S/C11H14F4OSi/c1-16-8-5-7(11(13,14)15)6-9(10(8)12)17(2,3)4/h5-6H,1-4H3. The zero-order chi connectivity index (χ0) is 13.4. The molecule has 0 atom stereocenters. The predicted octanol–water partition coefficient (Wildman–Crippen LogP) is 3.40. The topological polar surface area (TPSA) is 9.23 Å². The third-order valence-corrected chi connectivity index (χ3v) is 4.37. The quantitative estimate of drug-likeness (QED) is 0.589. The van der Waals surface area contributed by atoms with Crippen LogP contribution in [0.1, 0.15) is 5.56 Å². The summed E-state index contributed by atoms with van der Waals surface area (Å²) in [5, 5.41) is 0.129. The van der Waals surface area contributed by atoms with Crippen molar-refractivity contribution in [2.24, 2.45) is 0 Å². The third kappa shape index (κ3) is 2.99. The Morgan fingerprint density at radius 3 is 2.00 bits per heavy atom. The molecule has 0 aliphatic rings. The number of benzene rings is 1. The first-order chi connectivity index (χ1) is 7.57. The normalized spacial score (nSPS) is 12.7. The molecule has 96 valence electrons. The van der Waals surface area contributed by atoms with Crippen molar-refractivity contribution in [3.05, 3.63) is 23.5 Å². The first-order valence-electron chi connectivity index (χ1n) is 5.02. The van der Waals surface area contributed by atoms with Gasteiger partial charge in [-0.1, -0.05) is 19.6 Å². The average molecular weight is 266 g/mol. The van der Waals surface area contributed by atoms with E-state index in [0.717, 1.165) is 13.2 Å². The van der Waals surface area contributed by atoms with E-state index in [1.54, 1.807) is 19.6 Å². The van der Waals surface area contributed by atoms with Crippen molar-refractivity contribution in [2.45, 2.75) is 25.8 Å². The molecule has 0 heterocycles. The number of ether oxygens (including phenoxy) is 1. The highest BCUT2D eigenvalue weighted by Gasteiger charge is 2.34. The van der Waals surface area contributed by atoms with Crippen LogP contribution in [0, 0.1) is 5.82 Å². The van der Waals surface area contributed by atoms with Gasteiger partial charge in [0.2, 0.25) is 0 Å². The lowest BCUT2D eigenvalue weighted by Gasteiger charge is -2.21. The maximum Gasteiger partial charge on any atom is 0.416 e. The summed E-state index contributed by atoms with van der Waals surface area (Å²) >= 11 is 0. The number of alkyl halides is 3. The van der Waals surface area contributed by atoms with Gasteiger partial charge in [-0.05, 0) is 17.3 Å². The van der Waals surface area contributed by atoms with Gasteiger partial charge in [-0.15, -0.1) is 0 Å². The maximum atomic E-state index is 13.9. The van der Waals surface area contributed by atoms with Crippen LogP contribution < -0.4 is 9.92 Å². The Morgan fingerprint density at radius 2 is 1.65 bits per heavy atom. The summed E-state index contributed by atoms with van der Waals surface area (Å²) < 4.78 is 56.5. The van der Waals surface area contributed by atoms with E-state index in [9.17, 15) is 17.6 Å². The van der Waals surface area contributed by atoms with E-state index in [2.05, 4.69) is 4.74 Å². The minimum atomic E-state index is -4.49. The fraction of sp³-hybridized carbons (Fsp3) is 0.455. The summed E-state index contributed by atoms with van der Waals surface area (Å²) in [7, 11) is -1.03. The van der Waals surface area contributed by atoms with E-state index < -0.39 is 25.6 Å². The van der Waals surface area contributed by atoms with Crippen LogP contribution in [-0.4, -0.2) is 15.2 Å². The lowest BCUT2D eigenvalue weighted by Crippen LogP contribution is -2.40. The van der Waals surface area contributed by atoms with E-state index in [1.807, 2.05) is 0 Å². The highest BCUT2D eigenvalue weighted by molar-refractivity contribution is 6.88. The summed E-state index contributed by atoms with van der Waals surface area (Å²) in [6.45, 7) is 5.35. The molecule has 0 unspecified atom stereocenters. The molecule has 17 heavy (non-hydrogen) atoms. The Kier molecular flexibility index (Phi) is 3.57. The molecule has 1 rings (SSSR count). The summed E-state index contributed by atoms with van der Waals surface area (Å²) in [4.78, 5) is 0. The van der Waals surface area contributed by atoms with Crippen molar-refractivity contribution >= 4 is 13.3 Å². The Labute approximate surface area is 98.4 Å². The van der Waals surface area contributed by atoms with Crippen LogP contribution >= 0.6 is 0 Å². The molecule has 0 fully saturated rings. The van der Waals surface area contributed by atoms with E-state index in [4.69, 9.17) is 0 Å². The molecule has 0 aromatic heterocycles. The van der Waals surface area contributed by atoms with Crippen LogP contribution in [0.5, 0.6) is 5.75 Å². The summed E-state index contributed by atoms with van der Waals surface area (Å²) in [6, 6.07) is 1.59. The van der Waals surface area contributed by atoms with Gasteiger partial charge in [0, 0.05) is 0 Å². The highest BCUT2D eigenvalue weighted by atomic mass is 28.3. The second-order valence-electron chi connectivity index (χ2n) is 4.79. The lowest BCUT2D eigenvalue weighted by molar-refractivity contribution is -0.137. The van der Waals surface area contributed by atoms with Gasteiger partial charge in [-0.25, -0.2) is 4.39 Å². The smallest absolute Gasteiger partial charge is 0.416 e. The molecule has 0 saturated carbocycles. The monoisotopic (exact) mass is 266 g/mol. The van der Waals surface area contributed by atoms with Crippen LogP contribution in [0.25, 0.3) is 0 Å². The number of rotatable bonds is 2. The van der Waals surface area contributed by atoms with E-state index >= 15 is 0 Å². The van der Waals surface area contributed by atoms with Gasteiger partial charge in [0.25, 0.3) is 0 Å². The third-order valence-electron chi connectivity index (χ3n) is 2.39. The molecule has 0 bridgehead atoms. The average Bonchev–Trinajstić information content (AvgIpc) is 2.14. The zero-order valence-corrected chi connectivity index (χ0v) is 11.1. The Morgan fingerprint density at radius 1 is 1.12 bits per heavy atom. The molecule has 1 aromatic carbocycles. The first-order valence-corrected chi connectivity index (χ1v) is 8.52. The molecule has 0 N–H and O–H groups in total. The van der Waals surface area contributed by atoms with Crippen molar-refractivity contribution in [1.29, 1.82) is 0 Å². The Hall–Kier alpha value is -1.04. The maximum absolute atomic E-state index is 13.9. The van der Waals surface area contributed by atoms with Crippen molar-refractivity contribution in [1.82, 2.24) is 0 Å². The summed E-state index contributed by atoms with van der Waals surface area (Å²) in [5.74, 6) is -1.03. The van der Waals surface area contributed by atoms with E-state index in [0.29, 0.717) is 6.07 Å². The Bertz CT molecular complexity index is 421. The molecule has 0 saturated heterocycles. The van der Waals surface area contributed by atoms with Crippen molar-refractivity contribution in [2.75, 3.05) is 7.11 Å². The van der Waals surface area contributed by atoms with Crippen LogP contribution in [0.3, 0.4) is 0 Å². The fourth-order valence-corrected chi connectivity index (χ4v) is 2.83. The minimum absolute atomic E-state index is 0.129. The van der Waals surface area contributed by atoms with Crippen LogP contribution in [-0.2, 0) is 6.18 Å². The summed E-state index contributed by atoms with van der Waals surface area (Å²) in [5.41, 5.74) is -0.867. The SMILES string of the molecule is COc1cc(C(F)(F)F)cc([Si](C)(C)C)c1F. The number of halogens is 4. The molecule has 0 aliphatic carbocycles. The van der Waals surface area contributed by atoms with Gasteiger partial charge in [0.15, 0.2) is 11.6 Å². The second kappa shape index (κ2) is 4.32. The predicted molar refractivity (Wildman–Crippen MR) is 60.9 cm³/mol. The summed E-state index contributed by atoms with van der Waals surface area (Å²) in [6.07, 6.45) is -4.49. The molecular weight excluding hydrogens is 252 g/mol. The number of hydrogen-bond acceptors (Lipinski definition) is 1. The molecule has 0 amide bonds. The number of hydrogen-bond donors (Lipinski definition) is 0. The molecule has 1 aromatic rings. The van der Waals surface area contributed by atoms with Gasteiger partial charge < -0.3 is 4.74 Å². The fourth-order valence-electron chi connectivity index (χ4n) is 1.46. The van der Waals surface area contributed by atoms with Crippen molar-refractivity contribution in [3.8, 4) is 5.75 Å². The van der Waals surface area contributed by atoms with E-state index in [1.165, 1.54) is 0 Å². The van der Waals surface area contributed by atoms with Crippen LogP contribution in [0.2, 0.25) is 19.6 Å². The lowest BCUT2D eigenvalue weighted by atomic mass is 10.2. The van der Waals surface area contributed by atoms with Gasteiger partial charge >= 0.3 is 6.18 Å². The Balaban J connectivity index is 3.50. The second-order valence-corrected chi connectivity index (χ2v) is 9.83. The molecule has 0 radical (unpaired) electrons. The minimum Gasteiger partial charge on any atom is -0.494 e. The van der Waals surface area contributed by atoms with E-state index in [-0.39, 0.29) is 10.9 Å². The van der Waals surface area contributed by atoms with Gasteiger partial charge in [0.05, 0.1) is 20.7 Å². The first kappa shape index (κ1) is 14.0.